The normalized spacial score (nSPS) is 12.6. The summed E-state index contributed by atoms with van der Waals surface area (Å²) in [4.78, 5) is 13.6. The third kappa shape index (κ3) is 4.20. The molecule has 0 heterocycles. The van der Waals surface area contributed by atoms with E-state index in [1.54, 1.807) is 20.2 Å². The molecule has 0 radical (unpaired) electrons. The molecule has 1 unspecified atom stereocenters. The van der Waals surface area contributed by atoms with Crippen LogP contribution in [0, 0.1) is 0 Å². The van der Waals surface area contributed by atoms with Gasteiger partial charge in [-0.15, -0.1) is 6.58 Å². The van der Waals surface area contributed by atoms with Gasteiger partial charge >= 0.3 is 0 Å². The van der Waals surface area contributed by atoms with Crippen LogP contribution in [0.15, 0.2) is 72.1 Å². The maximum atomic E-state index is 13.1. The van der Waals surface area contributed by atoms with E-state index in [-0.39, 0.29) is 23.4 Å². The zero-order chi connectivity index (χ0) is 19.3. The molecule has 0 aromatic heterocycles. The fourth-order valence-electron chi connectivity index (χ4n) is 2.65. The lowest BCUT2D eigenvalue weighted by Gasteiger charge is -2.27. The van der Waals surface area contributed by atoms with Crippen molar-refractivity contribution >= 4 is 15.9 Å². The number of rotatable bonds is 7. The Bertz CT molecular complexity index is 860. The number of carbonyl (C=O) groups excluding carboxylic acids is 1. The molecule has 0 N–H and O–H groups in total. The Kier molecular flexibility index (Phi) is 6.34. The van der Waals surface area contributed by atoms with Crippen molar-refractivity contribution in [1.82, 2.24) is 9.21 Å². The van der Waals surface area contributed by atoms with Crippen molar-refractivity contribution in [2.24, 2.45) is 0 Å². The molecule has 0 saturated carbocycles. The summed E-state index contributed by atoms with van der Waals surface area (Å²) >= 11 is 0. The minimum absolute atomic E-state index is 0.150. The molecule has 1 atom stereocenters. The van der Waals surface area contributed by atoms with Crippen LogP contribution in [0.2, 0.25) is 0 Å². The van der Waals surface area contributed by atoms with E-state index in [9.17, 15) is 13.2 Å². The maximum absolute atomic E-state index is 13.1. The van der Waals surface area contributed by atoms with E-state index >= 15 is 0 Å². The van der Waals surface area contributed by atoms with E-state index in [0.717, 1.165) is 5.56 Å². The largest absolute Gasteiger partial charge is 0.345 e. The Labute approximate surface area is 155 Å². The van der Waals surface area contributed by atoms with E-state index in [4.69, 9.17) is 0 Å². The van der Waals surface area contributed by atoms with Gasteiger partial charge in [0.25, 0.3) is 5.91 Å². The summed E-state index contributed by atoms with van der Waals surface area (Å²) in [5.74, 6) is -0.172. The second kappa shape index (κ2) is 8.29. The number of hydrogen-bond donors (Lipinski definition) is 0. The molecule has 0 fully saturated rings. The third-order valence-electron chi connectivity index (χ3n) is 4.14. The van der Waals surface area contributed by atoms with Gasteiger partial charge in [-0.3, -0.25) is 4.79 Å². The molecule has 0 saturated heterocycles. The SMILES string of the molecule is C=CCN(C(C)c1ccccc1)S(=O)(=O)c1ccc(C(=O)N(C)C)cc1. The summed E-state index contributed by atoms with van der Waals surface area (Å²) in [5, 5.41) is 0. The standard InChI is InChI=1S/C20H24N2O3S/c1-5-15-22(16(2)17-9-7-6-8-10-17)26(24,25)19-13-11-18(12-14-19)20(23)21(3)4/h5-14,16H,1,15H2,2-4H3. The summed E-state index contributed by atoms with van der Waals surface area (Å²) in [7, 11) is -0.430. The fourth-order valence-corrected chi connectivity index (χ4v) is 4.24. The molecular formula is C20H24N2O3S. The van der Waals surface area contributed by atoms with E-state index in [0.29, 0.717) is 5.56 Å². The highest BCUT2D eigenvalue weighted by Gasteiger charge is 2.29. The Morgan fingerprint density at radius 2 is 1.65 bits per heavy atom. The predicted octanol–water partition coefficient (Wildman–Crippen LogP) is 3.33. The molecule has 6 heteroatoms. The molecule has 2 rings (SSSR count). The predicted molar refractivity (Wildman–Crippen MR) is 103 cm³/mol. The highest BCUT2D eigenvalue weighted by Crippen LogP contribution is 2.27. The highest BCUT2D eigenvalue weighted by atomic mass is 32.2. The minimum atomic E-state index is -3.74. The molecule has 0 aliphatic carbocycles. The summed E-state index contributed by atoms with van der Waals surface area (Å²) in [6.45, 7) is 5.72. The Balaban J connectivity index is 2.38. The average molecular weight is 372 g/mol. The smallest absolute Gasteiger partial charge is 0.253 e. The van der Waals surface area contributed by atoms with Crippen LogP contribution in [0.3, 0.4) is 0 Å². The van der Waals surface area contributed by atoms with Crippen LogP contribution in [-0.2, 0) is 10.0 Å². The first-order valence-electron chi connectivity index (χ1n) is 8.28. The van der Waals surface area contributed by atoms with Crippen LogP contribution in [-0.4, -0.2) is 44.2 Å². The lowest BCUT2D eigenvalue weighted by Crippen LogP contribution is -2.34. The zero-order valence-electron chi connectivity index (χ0n) is 15.3. The Morgan fingerprint density at radius 1 is 1.08 bits per heavy atom. The number of amides is 1. The van der Waals surface area contributed by atoms with Crippen LogP contribution in [0.5, 0.6) is 0 Å². The van der Waals surface area contributed by atoms with Gasteiger partial charge in [0.1, 0.15) is 0 Å². The fraction of sp³-hybridized carbons (Fsp3) is 0.250. The minimum Gasteiger partial charge on any atom is -0.345 e. The van der Waals surface area contributed by atoms with Gasteiger partial charge in [0.2, 0.25) is 10.0 Å². The molecule has 0 aliphatic rings. The van der Waals surface area contributed by atoms with Crippen molar-refractivity contribution in [2.75, 3.05) is 20.6 Å². The first kappa shape index (κ1) is 19.9. The van der Waals surface area contributed by atoms with Gasteiger partial charge in [0.05, 0.1) is 4.90 Å². The summed E-state index contributed by atoms with van der Waals surface area (Å²) in [5.41, 5.74) is 1.35. The molecule has 26 heavy (non-hydrogen) atoms. The molecule has 1 amide bonds. The van der Waals surface area contributed by atoms with Crippen LogP contribution < -0.4 is 0 Å². The van der Waals surface area contributed by atoms with Crippen LogP contribution in [0.1, 0.15) is 28.9 Å². The Hall–Kier alpha value is -2.44. The van der Waals surface area contributed by atoms with Gasteiger partial charge in [-0.1, -0.05) is 36.4 Å². The number of benzene rings is 2. The highest BCUT2D eigenvalue weighted by molar-refractivity contribution is 7.89. The van der Waals surface area contributed by atoms with E-state index in [2.05, 4.69) is 6.58 Å². The number of hydrogen-bond acceptors (Lipinski definition) is 3. The van der Waals surface area contributed by atoms with E-state index in [1.165, 1.54) is 33.5 Å². The van der Waals surface area contributed by atoms with Crippen molar-refractivity contribution in [3.63, 3.8) is 0 Å². The molecule has 5 nitrogen and oxygen atoms in total. The first-order valence-corrected chi connectivity index (χ1v) is 9.72. The maximum Gasteiger partial charge on any atom is 0.253 e. The topological polar surface area (TPSA) is 57.7 Å². The average Bonchev–Trinajstić information content (AvgIpc) is 2.65. The van der Waals surface area contributed by atoms with Crippen molar-refractivity contribution in [2.45, 2.75) is 17.9 Å². The van der Waals surface area contributed by atoms with Crippen molar-refractivity contribution in [3.05, 3.63) is 78.4 Å². The lowest BCUT2D eigenvalue weighted by molar-refractivity contribution is 0.0827. The number of nitrogens with zero attached hydrogens (tertiary/aromatic N) is 2. The van der Waals surface area contributed by atoms with Crippen molar-refractivity contribution in [3.8, 4) is 0 Å². The Morgan fingerprint density at radius 3 is 2.15 bits per heavy atom. The van der Waals surface area contributed by atoms with Gasteiger partial charge in [0.15, 0.2) is 0 Å². The molecule has 0 bridgehead atoms. The molecule has 138 valence electrons. The van der Waals surface area contributed by atoms with Gasteiger partial charge in [-0.05, 0) is 36.8 Å². The van der Waals surface area contributed by atoms with Gasteiger partial charge in [0, 0.05) is 32.2 Å². The quantitative estimate of drug-likeness (QED) is 0.701. The van der Waals surface area contributed by atoms with Crippen LogP contribution >= 0.6 is 0 Å². The summed E-state index contributed by atoms with van der Waals surface area (Å²) < 4.78 is 27.7. The summed E-state index contributed by atoms with van der Waals surface area (Å²) in [6, 6.07) is 15.1. The molecule has 2 aromatic carbocycles. The third-order valence-corrected chi connectivity index (χ3v) is 6.09. The van der Waals surface area contributed by atoms with E-state index < -0.39 is 10.0 Å². The van der Waals surface area contributed by atoms with Crippen molar-refractivity contribution < 1.29 is 13.2 Å². The number of sulfonamides is 1. The molecule has 0 aliphatic heterocycles. The second-order valence-electron chi connectivity index (χ2n) is 6.17. The monoisotopic (exact) mass is 372 g/mol. The second-order valence-corrected chi connectivity index (χ2v) is 8.06. The van der Waals surface area contributed by atoms with Gasteiger partial charge < -0.3 is 4.90 Å². The van der Waals surface area contributed by atoms with E-state index in [1.807, 2.05) is 37.3 Å². The molecular weight excluding hydrogens is 348 g/mol. The zero-order valence-corrected chi connectivity index (χ0v) is 16.1. The first-order chi connectivity index (χ1) is 12.3. The number of carbonyl (C=O) groups is 1. The van der Waals surface area contributed by atoms with Crippen molar-refractivity contribution in [1.29, 1.82) is 0 Å². The molecule has 0 spiro atoms. The van der Waals surface area contributed by atoms with Gasteiger partial charge in [-0.2, -0.15) is 4.31 Å². The lowest BCUT2D eigenvalue weighted by atomic mass is 10.1. The van der Waals surface area contributed by atoms with Crippen LogP contribution in [0.4, 0.5) is 0 Å². The van der Waals surface area contributed by atoms with Gasteiger partial charge in [-0.25, -0.2) is 8.42 Å². The summed E-state index contributed by atoms with van der Waals surface area (Å²) in [6.07, 6.45) is 1.57. The van der Waals surface area contributed by atoms with Crippen LogP contribution in [0.25, 0.3) is 0 Å². The molecule has 2 aromatic rings.